The van der Waals surface area contributed by atoms with Crippen LogP contribution >= 0.6 is 0 Å². The molecule has 4 rings (SSSR count). The summed E-state index contributed by atoms with van der Waals surface area (Å²) < 4.78 is 56.8. The van der Waals surface area contributed by atoms with E-state index in [2.05, 4.69) is 11.4 Å². The Kier molecular flexibility index (Phi) is 5.88. The highest BCUT2D eigenvalue weighted by atomic mass is 19.4. The quantitative estimate of drug-likeness (QED) is 0.778. The van der Waals surface area contributed by atoms with Crippen molar-refractivity contribution < 1.29 is 32.2 Å². The van der Waals surface area contributed by atoms with Crippen LogP contribution in [0.25, 0.3) is 11.0 Å². The molecule has 10 heteroatoms. The van der Waals surface area contributed by atoms with E-state index >= 15 is 0 Å². The average molecular weight is 425 g/mol. The molecule has 162 valence electrons. The number of hydrogen-bond acceptors (Lipinski definition) is 7. The van der Waals surface area contributed by atoms with E-state index in [0.29, 0.717) is 50.3 Å². The maximum absolute atomic E-state index is 13.2. The van der Waals surface area contributed by atoms with Gasteiger partial charge in [0.15, 0.2) is 12.0 Å². The summed E-state index contributed by atoms with van der Waals surface area (Å²) in [4.78, 5) is 1.91. The van der Waals surface area contributed by atoms with Gasteiger partial charge in [-0.15, -0.1) is 0 Å². The number of nitrogens with one attached hydrogen (secondary N) is 1. The van der Waals surface area contributed by atoms with Crippen LogP contribution in [0.15, 0.2) is 22.6 Å². The third kappa shape index (κ3) is 4.25. The third-order valence-corrected chi connectivity index (χ3v) is 5.37. The Bertz CT molecular complexity index is 932. The van der Waals surface area contributed by atoms with Gasteiger partial charge in [0.2, 0.25) is 0 Å². The molecule has 0 spiro atoms. The predicted molar refractivity (Wildman–Crippen MR) is 101 cm³/mol. The number of furan rings is 1. The van der Waals surface area contributed by atoms with Crippen LogP contribution in [0.5, 0.6) is 0 Å². The predicted octanol–water partition coefficient (Wildman–Crippen LogP) is 2.94. The molecule has 2 N–H and O–H groups in total. The molecule has 0 radical (unpaired) electrons. The first-order valence-electron chi connectivity index (χ1n) is 9.77. The van der Waals surface area contributed by atoms with Gasteiger partial charge in [-0.2, -0.15) is 18.4 Å². The second kappa shape index (κ2) is 8.43. The Labute approximate surface area is 170 Å². The van der Waals surface area contributed by atoms with Crippen molar-refractivity contribution >= 4 is 16.7 Å². The summed E-state index contributed by atoms with van der Waals surface area (Å²) in [6.07, 6.45) is -5.12. The van der Waals surface area contributed by atoms with E-state index in [0.717, 1.165) is 12.1 Å². The minimum absolute atomic E-state index is 0.173. The molecule has 30 heavy (non-hydrogen) atoms. The van der Waals surface area contributed by atoms with Gasteiger partial charge in [-0.3, -0.25) is 5.32 Å². The van der Waals surface area contributed by atoms with Crippen LogP contribution in [0.4, 0.5) is 18.9 Å². The fourth-order valence-electron chi connectivity index (χ4n) is 3.82. The molecule has 0 saturated carbocycles. The number of rotatable bonds is 4. The Morgan fingerprint density at radius 1 is 1.23 bits per heavy atom. The number of alkyl halides is 3. The molecule has 1 saturated heterocycles. The van der Waals surface area contributed by atoms with Gasteiger partial charge < -0.3 is 23.9 Å². The van der Waals surface area contributed by atoms with Gasteiger partial charge in [-0.1, -0.05) is 0 Å². The third-order valence-electron chi connectivity index (χ3n) is 5.37. The first kappa shape index (κ1) is 20.9. The molecule has 3 heterocycles. The smallest absolute Gasteiger partial charge is 0.416 e. The summed E-state index contributed by atoms with van der Waals surface area (Å²) in [6, 6.07) is 5.37. The molecule has 1 aromatic carbocycles. The highest BCUT2D eigenvalue weighted by Crippen LogP contribution is 2.41. The maximum atomic E-state index is 13.2. The van der Waals surface area contributed by atoms with Crippen LogP contribution in [0, 0.1) is 11.3 Å². The minimum Gasteiger partial charge on any atom is -0.455 e. The number of aliphatic hydroxyl groups excluding tert-OH is 1. The summed E-state index contributed by atoms with van der Waals surface area (Å²) in [5.74, 6) is 0.205. The van der Waals surface area contributed by atoms with Crippen LogP contribution in [0.3, 0.4) is 0 Å². The van der Waals surface area contributed by atoms with E-state index in [-0.39, 0.29) is 30.0 Å². The average Bonchev–Trinajstić information content (AvgIpc) is 3.02. The number of hydrogen-bond donors (Lipinski definition) is 2. The lowest BCUT2D eigenvalue weighted by atomic mass is 10.1. The second-order valence-electron chi connectivity index (χ2n) is 7.43. The number of halogens is 3. The normalized spacial score (nSPS) is 25.0. The zero-order valence-electron chi connectivity index (χ0n) is 16.1. The standard InChI is InChI=1S/C20H22F3N3O4/c21-20(22,23)12-1-2-16-15(9-12)17-18(30-16)19(27)25-6-8-26(17)7-4-14-11-28-13(3-5-24)10-29-14/h1-2,9,13-14,19,25,27H,3-4,6-8,10-11H2. The molecule has 3 atom stereocenters. The van der Waals surface area contributed by atoms with Crippen molar-refractivity contribution in [1.82, 2.24) is 5.32 Å². The van der Waals surface area contributed by atoms with E-state index in [1.807, 2.05) is 4.90 Å². The molecular weight excluding hydrogens is 403 g/mol. The van der Waals surface area contributed by atoms with Crippen LogP contribution in [0.1, 0.15) is 30.4 Å². The van der Waals surface area contributed by atoms with E-state index in [1.165, 1.54) is 6.07 Å². The Morgan fingerprint density at radius 3 is 2.70 bits per heavy atom. The molecule has 0 aliphatic carbocycles. The number of fused-ring (bicyclic) bond motifs is 3. The van der Waals surface area contributed by atoms with Crippen molar-refractivity contribution in [2.75, 3.05) is 37.7 Å². The number of nitrogens with zero attached hydrogens (tertiary/aromatic N) is 2. The van der Waals surface area contributed by atoms with Gasteiger partial charge in [0.1, 0.15) is 5.58 Å². The molecule has 0 bridgehead atoms. The van der Waals surface area contributed by atoms with Crippen molar-refractivity contribution in [3.05, 3.63) is 29.5 Å². The largest absolute Gasteiger partial charge is 0.455 e. The first-order chi connectivity index (χ1) is 14.4. The second-order valence-corrected chi connectivity index (χ2v) is 7.43. The summed E-state index contributed by atoms with van der Waals surface area (Å²) in [5.41, 5.74) is -0.0113. The summed E-state index contributed by atoms with van der Waals surface area (Å²) in [6.45, 7) is 2.12. The first-order valence-corrected chi connectivity index (χ1v) is 9.77. The Morgan fingerprint density at radius 2 is 2.00 bits per heavy atom. The summed E-state index contributed by atoms with van der Waals surface area (Å²) in [7, 11) is 0. The fourth-order valence-corrected chi connectivity index (χ4v) is 3.82. The topological polar surface area (TPSA) is 90.9 Å². The van der Waals surface area contributed by atoms with Crippen molar-refractivity contribution in [1.29, 1.82) is 5.26 Å². The van der Waals surface area contributed by atoms with Gasteiger partial charge in [0.25, 0.3) is 0 Å². The highest BCUT2D eigenvalue weighted by Gasteiger charge is 2.34. The molecule has 2 aliphatic rings. The molecular formula is C20H22F3N3O4. The van der Waals surface area contributed by atoms with E-state index in [9.17, 15) is 18.3 Å². The molecule has 7 nitrogen and oxygen atoms in total. The monoisotopic (exact) mass is 425 g/mol. The van der Waals surface area contributed by atoms with Crippen molar-refractivity contribution in [2.45, 2.75) is 37.5 Å². The van der Waals surface area contributed by atoms with E-state index in [4.69, 9.17) is 19.2 Å². The van der Waals surface area contributed by atoms with Crippen LogP contribution in [-0.2, 0) is 15.7 Å². The molecule has 0 amide bonds. The van der Waals surface area contributed by atoms with Crippen molar-refractivity contribution in [3.8, 4) is 6.07 Å². The molecule has 1 fully saturated rings. The van der Waals surface area contributed by atoms with Crippen molar-refractivity contribution in [3.63, 3.8) is 0 Å². The Hall–Kier alpha value is -2.32. The highest BCUT2D eigenvalue weighted by molar-refractivity contribution is 5.94. The van der Waals surface area contributed by atoms with Crippen molar-refractivity contribution in [2.24, 2.45) is 0 Å². The molecule has 2 aromatic rings. The maximum Gasteiger partial charge on any atom is 0.416 e. The zero-order valence-corrected chi connectivity index (χ0v) is 16.1. The number of ether oxygens (including phenoxy) is 2. The number of nitriles is 1. The van der Waals surface area contributed by atoms with Crippen LogP contribution in [0.2, 0.25) is 0 Å². The summed E-state index contributed by atoms with van der Waals surface area (Å²) >= 11 is 0. The molecule has 1 aromatic heterocycles. The lowest BCUT2D eigenvalue weighted by Gasteiger charge is -2.30. The molecule has 3 unspecified atom stereocenters. The molecule has 2 aliphatic heterocycles. The van der Waals surface area contributed by atoms with Gasteiger partial charge in [-0.25, -0.2) is 0 Å². The lowest BCUT2D eigenvalue weighted by molar-refractivity contribution is -0.137. The van der Waals surface area contributed by atoms with Gasteiger partial charge in [0.05, 0.1) is 49.2 Å². The van der Waals surface area contributed by atoms with E-state index < -0.39 is 18.0 Å². The van der Waals surface area contributed by atoms with E-state index in [1.54, 1.807) is 0 Å². The fraction of sp³-hybridized carbons (Fsp3) is 0.550. The minimum atomic E-state index is -4.47. The van der Waals surface area contributed by atoms with Crippen LogP contribution in [-0.4, -0.2) is 50.2 Å². The van der Waals surface area contributed by atoms with Gasteiger partial charge in [-0.05, 0) is 24.6 Å². The number of anilines is 1. The lowest BCUT2D eigenvalue weighted by Crippen LogP contribution is -2.38. The zero-order chi connectivity index (χ0) is 21.3. The number of benzene rings is 1. The Balaban J connectivity index is 1.56. The number of aliphatic hydroxyl groups is 1. The summed E-state index contributed by atoms with van der Waals surface area (Å²) in [5, 5.41) is 22.3. The van der Waals surface area contributed by atoms with Gasteiger partial charge >= 0.3 is 6.18 Å². The SMILES string of the molecule is N#CCC1COC(CCN2CCNC(O)c3oc4ccc(C(F)(F)F)cc4c32)CO1. The van der Waals surface area contributed by atoms with Gasteiger partial charge in [0, 0.05) is 25.0 Å². The van der Waals surface area contributed by atoms with Crippen LogP contribution < -0.4 is 10.2 Å².